The number of rotatable bonds is 2. The van der Waals surface area contributed by atoms with Crippen LogP contribution in [0.3, 0.4) is 0 Å². The van der Waals surface area contributed by atoms with E-state index in [1.54, 1.807) is 6.20 Å². The Bertz CT molecular complexity index is 446. The van der Waals surface area contributed by atoms with Gasteiger partial charge in [-0.3, -0.25) is 4.98 Å². The lowest BCUT2D eigenvalue weighted by molar-refractivity contribution is 0.318. The average Bonchev–Trinajstić information content (AvgIpc) is 2.41. The van der Waals surface area contributed by atoms with Gasteiger partial charge in [-0.2, -0.15) is 0 Å². The van der Waals surface area contributed by atoms with Gasteiger partial charge in [0.25, 0.3) is 0 Å². The molecule has 1 aliphatic heterocycles. The Morgan fingerprint density at radius 2 is 2.33 bits per heavy atom. The summed E-state index contributed by atoms with van der Waals surface area (Å²) in [6, 6.07) is 4.30. The normalized spacial score (nSPS) is 25.2. The van der Waals surface area contributed by atoms with Crippen LogP contribution in [0.2, 0.25) is 0 Å². The summed E-state index contributed by atoms with van der Waals surface area (Å²) >= 11 is 0. The highest BCUT2D eigenvalue weighted by Crippen LogP contribution is 2.29. The van der Waals surface area contributed by atoms with Crippen LogP contribution in [0.4, 0.5) is 5.69 Å². The quantitative estimate of drug-likeness (QED) is 0.362. The fraction of sp³-hybridized carbons (Fsp3) is 0.538. The van der Waals surface area contributed by atoms with E-state index in [9.17, 15) is 0 Å². The molecule has 2 atom stereocenters. The van der Waals surface area contributed by atoms with Gasteiger partial charge in [-0.05, 0) is 37.8 Å². The van der Waals surface area contributed by atoms with E-state index in [1.807, 2.05) is 12.1 Å². The van der Waals surface area contributed by atoms with Crippen molar-refractivity contribution >= 4 is 11.5 Å². The SMILES string of the molecule is CC1CCCN(c2cccnc2/C(N)=N/O)C1C. The summed E-state index contributed by atoms with van der Waals surface area (Å²) in [6.45, 7) is 5.46. The minimum Gasteiger partial charge on any atom is -0.409 e. The number of hydrogen-bond donors (Lipinski definition) is 2. The zero-order chi connectivity index (χ0) is 13.1. The molecule has 5 heteroatoms. The lowest BCUT2D eigenvalue weighted by Gasteiger charge is -2.40. The van der Waals surface area contributed by atoms with Crippen LogP contribution in [0.5, 0.6) is 0 Å². The zero-order valence-electron chi connectivity index (χ0n) is 10.9. The van der Waals surface area contributed by atoms with Gasteiger partial charge in [-0.25, -0.2) is 0 Å². The molecule has 0 aromatic carbocycles. The van der Waals surface area contributed by atoms with Crippen LogP contribution in [0.15, 0.2) is 23.5 Å². The summed E-state index contributed by atoms with van der Waals surface area (Å²) in [5.41, 5.74) is 7.20. The third-order valence-electron chi connectivity index (χ3n) is 3.82. The molecule has 2 heterocycles. The predicted molar refractivity (Wildman–Crippen MR) is 72.0 cm³/mol. The Labute approximate surface area is 107 Å². The van der Waals surface area contributed by atoms with Crippen LogP contribution in [0.1, 0.15) is 32.4 Å². The number of nitrogens with two attached hydrogens (primary N) is 1. The molecule has 0 radical (unpaired) electrons. The number of oxime groups is 1. The Kier molecular flexibility index (Phi) is 3.69. The van der Waals surface area contributed by atoms with Crippen molar-refractivity contribution in [3.05, 3.63) is 24.0 Å². The van der Waals surface area contributed by atoms with Gasteiger partial charge in [0.15, 0.2) is 5.84 Å². The molecule has 2 rings (SSSR count). The predicted octanol–water partition coefficient (Wildman–Crippen LogP) is 1.80. The van der Waals surface area contributed by atoms with Crippen molar-refractivity contribution in [1.82, 2.24) is 4.98 Å². The molecule has 1 aromatic heterocycles. The van der Waals surface area contributed by atoms with Gasteiger partial charge < -0.3 is 15.8 Å². The maximum Gasteiger partial charge on any atom is 0.190 e. The van der Waals surface area contributed by atoms with E-state index in [4.69, 9.17) is 10.9 Å². The van der Waals surface area contributed by atoms with Crippen molar-refractivity contribution in [2.45, 2.75) is 32.7 Å². The summed E-state index contributed by atoms with van der Waals surface area (Å²) in [6.07, 6.45) is 4.07. The van der Waals surface area contributed by atoms with Crippen LogP contribution in [-0.2, 0) is 0 Å². The molecule has 0 spiro atoms. The second kappa shape index (κ2) is 5.25. The number of pyridine rings is 1. The highest BCUT2D eigenvalue weighted by molar-refractivity contribution is 6.00. The third-order valence-corrected chi connectivity index (χ3v) is 3.82. The standard InChI is InChI=1S/C13H20N4O/c1-9-5-4-8-17(10(9)2)11-6-3-7-15-12(11)13(14)16-18/h3,6-7,9-10,18H,4-5,8H2,1-2H3,(H2,14,16). The Hall–Kier alpha value is -1.78. The number of anilines is 1. The Balaban J connectivity index is 2.38. The third kappa shape index (κ3) is 2.25. The summed E-state index contributed by atoms with van der Waals surface area (Å²) in [7, 11) is 0. The second-order valence-corrected chi connectivity index (χ2v) is 4.91. The number of hydrogen-bond acceptors (Lipinski definition) is 4. The van der Waals surface area contributed by atoms with Gasteiger partial charge >= 0.3 is 0 Å². The molecule has 0 aliphatic carbocycles. The van der Waals surface area contributed by atoms with E-state index in [-0.39, 0.29) is 5.84 Å². The van der Waals surface area contributed by atoms with E-state index in [2.05, 4.69) is 28.9 Å². The molecule has 1 fully saturated rings. The molecular weight excluding hydrogens is 228 g/mol. The highest BCUT2D eigenvalue weighted by Gasteiger charge is 2.27. The molecule has 3 N–H and O–H groups in total. The molecule has 1 aliphatic rings. The van der Waals surface area contributed by atoms with Gasteiger partial charge in [0, 0.05) is 18.8 Å². The molecule has 5 nitrogen and oxygen atoms in total. The summed E-state index contributed by atoms with van der Waals surface area (Å²) in [5.74, 6) is 0.704. The molecule has 18 heavy (non-hydrogen) atoms. The lowest BCUT2D eigenvalue weighted by Crippen LogP contribution is -2.43. The van der Waals surface area contributed by atoms with Gasteiger partial charge in [-0.15, -0.1) is 0 Å². The summed E-state index contributed by atoms with van der Waals surface area (Å²) in [5, 5.41) is 11.9. The van der Waals surface area contributed by atoms with Crippen molar-refractivity contribution in [3.63, 3.8) is 0 Å². The van der Waals surface area contributed by atoms with Crippen LogP contribution in [0, 0.1) is 5.92 Å². The maximum atomic E-state index is 8.83. The van der Waals surface area contributed by atoms with Crippen LogP contribution in [0.25, 0.3) is 0 Å². The van der Waals surface area contributed by atoms with E-state index in [0.717, 1.165) is 18.7 Å². The number of nitrogens with zero attached hydrogens (tertiary/aromatic N) is 3. The van der Waals surface area contributed by atoms with Crippen molar-refractivity contribution in [2.75, 3.05) is 11.4 Å². The van der Waals surface area contributed by atoms with E-state index in [0.29, 0.717) is 17.7 Å². The van der Waals surface area contributed by atoms with Gasteiger partial charge in [0.2, 0.25) is 0 Å². The van der Waals surface area contributed by atoms with Crippen LogP contribution in [-0.4, -0.2) is 28.6 Å². The average molecular weight is 248 g/mol. The maximum absolute atomic E-state index is 8.83. The Morgan fingerprint density at radius 3 is 3.06 bits per heavy atom. The molecule has 1 saturated heterocycles. The fourth-order valence-electron chi connectivity index (χ4n) is 2.55. The van der Waals surface area contributed by atoms with Crippen molar-refractivity contribution < 1.29 is 5.21 Å². The van der Waals surface area contributed by atoms with Crippen LogP contribution >= 0.6 is 0 Å². The zero-order valence-corrected chi connectivity index (χ0v) is 10.9. The molecule has 1 aromatic rings. The van der Waals surface area contributed by atoms with E-state index < -0.39 is 0 Å². The minimum atomic E-state index is 0.0658. The number of amidine groups is 1. The highest BCUT2D eigenvalue weighted by atomic mass is 16.4. The summed E-state index contributed by atoms with van der Waals surface area (Å²) < 4.78 is 0. The molecular formula is C13H20N4O. The van der Waals surface area contributed by atoms with Gasteiger partial charge in [-0.1, -0.05) is 12.1 Å². The van der Waals surface area contributed by atoms with Gasteiger partial charge in [0.05, 0.1) is 5.69 Å². The number of aromatic nitrogens is 1. The first kappa shape index (κ1) is 12.7. The monoisotopic (exact) mass is 248 g/mol. The first-order chi connectivity index (χ1) is 8.65. The van der Waals surface area contributed by atoms with Gasteiger partial charge in [0.1, 0.15) is 5.69 Å². The molecule has 0 saturated carbocycles. The molecule has 2 unspecified atom stereocenters. The largest absolute Gasteiger partial charge is 0.409 e. The molecule has 0 amide bonds. The number of piperidine rings is 1. The first-order valence-corrected chi connectivity index (χ1v) is 6.34. The summed E-state index contributed by atoms with van der Waals surface area (Å²) in [4.78, 5) is 6.53. The topological polar surface area (TPSA) is 74.7 Å². The fourth-order valence-corrected chi connectivity index (χ4v) is 2.55. The first-order valence-electron chi connectivity index (χ1n) is 6.34. The minimum absolute atomic E-state index is 0.0658. The van der Waals surface area contributed by atoms with Crippen LogP contribution < -0.4 is 10.6 Å². The van der Waals surface area contributed by atoms with Crippen molar-refractivity contribution in [2.24, 2.45) is 16.8 Å². The molecule has 98 valence electrons. The van der Waals surface area contributed by atoms with E-state index >= 15 is 0 Å². The lowest BCUT2D eigenvalue weighted by atomic mass is 9.91. The smallest absolute Gasteiger partial charge is 0.190 e. The second-order valence-electron chi connectivity index (χ2n) is 4.91. The Morgan fingerprint density at radius 1 is 1.56 bits per heavy atom. The molecule has 0 bridgehead atoms. The van der Waals surface area contributed by atoms with Crippen molar-refractivity contribution in [1.29, 1.82) is 0 Å². The van der Waals surface area contributed by atoms with E-state index in [1.165, 1.54) is 6.42 Å². The van der Waals surface area contributed by atoms with Crippen molar-refractivity contribution in [3.8, 4) is 0 Å².